The van der Waals surface area contributed by atoms with Crippen molar-refractivity contribution in [3.05, 3.63) is 62.9 Å². The molecule has 1 aliphatic carbocycles. The van der Waals surface area contributed by atoms with Gasteiger partial charge in [-0.3, -0.25) is 4.90 Å². The number of nitrogens with zero attached hydrogens (tertiary/aromatic N) is 1. The Hall–Kier alpha value is -1.53. The number of hydrogen-bond donors (Lipinski definition) is 1. The van der Waals surface area contributed by atoms with E-state index in [0.717, 1.165) is 49.7 Å². The van der Waals surface area contributed by atoms with Crippen molar-refractivity contribution in [2.24, 2.45) is 0 Å². The van der Waals surface area contributed by atoms with Crippen LogP contribution in [0.2, 0.25) is 10.0 Å². The molecule has 5 rings (SSSR count). The molecule has 0 unspecified atom stereocenters. The second-order valence-electron chi connectivity index (χ2n) is 8.98. The highest BCUT2D eigenvalue weighted by atomic mass is 35.5. The molecule has 0 radical (unpaired) electrons. The van der Waals surface area contributed by atoms with E-state index in [1.807, 2.05) is 0 Å². The van der Waals surface area contributed by atoms with Crippen molar-refractivity contribution in [3.63, 3.8) is 0 Å². The third-order valence-electron chi connectivity index (χ3n) is 6.81. The van der Waals surface area contributed by atoms with E-state index in [1.54, 1.807) is 24.3 Å². The fourth-order valence-corrected chi connectivity index (χ4v) is 5.78. The molecule has 32 heavy (non-hydrogen) atoms. The van der Waals surface area contributed by atoms with Crippen LogP contribution >= 0.6 is 35.6 Å². The van der Waals surface area contributed by atoms with Gasteiger partial charge in [0.1, 0.15) is 17.7 Å². The van der Waals surface area contributed by atoms with Crippen LogP contribution in [-0.4, -0.2) is 34.2 Å². The zero-order valence-electron chi connectivity index (χ0n) is 17.4. The van der Waals surface area contributed by atoms with Crippen LogP contribution in [0.25, 0.3) is 0 Å². The summed E-state index contributed by atoms with van der Waals surface area (Å²) in [7, 11) is 0. The second kappa shape index (κ2) is 9.38. The summed E-state index contributed by atoms with van der Waals surface area (Å²) in [6.45, 7) is 0.660. The predicted molar refractivity (Wildman–Crippen MR) is 125 cm³/mol. The van der Waals surface area contributed by atoms with Crippen molar-refractivity contribution in [3.8, 4) is 5.75 Å². The summed E-state index contributed by atoms with van der Waals surface area (Å²) in [4.78, 5) is 13.8. The molecule has 3 fully saturated rings. The highest BCUT2D eigenvalue weighted by Crippen LogP contribution is 2.44. The lowest BCUT2D eigenvalue weighted by molar-refractivity contribution is 0.0443. The lowest BCUT2D eigenvalue weighted by Crippen LogP contribution is -2.45. The van der Waals surface area contributed by atoms with Crippen LogP contribution in [0, 0.1) is 5.82 Å². The molecule has 1 saturated carbocycles. The smallest absolute Gasteiger partial charge is 0.338 e. The molecule has 2 bridgehead atoms. The van der Waals surface area contributed by atoms with Crippen molar-refractivity contribution in [2.45, 2.75) is 69.2 Å². The largest absolute Gasteiger partial charge is 0.490 e. The first-order valence-electron chi connectivity index (χ1n) is 10.8. The van der Waals surface area contributed by atoms with E-state index < -0.39 is 11.8 Å². The first-order chi connectivity index (χ1) is 14.9. The molecule has 2 saturated heterocycles. The first-order valence-corrected chi connectivity index (χ1v) is 11.6. The zero-order valence-corrected chi connectivity index (χ0v) is 19.7. The van der Waals surface area contributed by atoms with Gasteiger partial charge < -0.3 is 9.84 Å². The van der Waals surface area contributed by atoms with E-state index >= 15 is 0 Å². The molecule has 3 atom stereocenters. The molecule has 0 spiro atoms. The molecule has 0 aromatic heterocycles. The van der Waals surface area contributed by atoms with Gasteiger partial charge >= 0.3 is 5.97 Å². The minimum absolute atomic E-state index is 0. The van der Waals surface area contributed by atoms with Crippen LogP contribution in [0.4, 0.5) is 4.39 Å². The Labute approximate surface area is 203 Å². The molecule has 8 heteroatoms. The topological polar surface area (TPSA) is 49.8 Å². The fourth-order valence-electron chi connectivity index (χ4n) is 5.27. The molecule has 2 aromatic carbocycles. The molecular weight excluding hydrogens is 476 g/mol. The van der Waals surface area contributed by atoms with Gasteiger partial charge in [0.25, 0.3) is 0 Å². The third-order valence-corrected chi connectivity index (χ3v) is 7.25. The Kier molecular flexibility index (Phi) is 6.92. The second-order valence-corrected chi connectivity index (χ2v) is 9.86. The number of benzene rings is 2. The summed E-state index contributed by atoms with van der Waals surface area (Å²) in [6.07, 6.45) is 6.16. The minimum Gasteiger partial charge on any atom is -0.490 e. The number of aromatic carboxylic acids is 1. The van der Waals surface area contributed by atoms with Crippen molar-refractivity contribution in [1.82, 2.24) is 4.90 Å². The number of carboxylic acids is 1. The van der Waals surface area contributed by atoms with Crippen LogP contribution < -0.4 is 4.74 Å². The summed E-state index contributed by atoms with van der Waals surface area (Å²) in [5.74, 6) is -0.794. The summed E-state index contributed by atoms with van der Waals surface area (Å²) >= 11 is 12.2. The summed E-state index contributed by atoms with van der Waals surface area (Å²) < 4.78 is 20.7. The standard InChI is InChI=1S/C24H24Cl2FNO3.ClH/c25-15-6-16(26)8-19(7-15)31-20-9-17-3-4-18(10-20)28(17)12-14-5-23(27)22(24(29)30)11-21(14)13-1-2-13;/h5-8,11,13,17-18,20H,1-4,9-10,12H2,(H,29,30);1H/t17-,18+,20-;. The number of rotatable bonds is 6. The maximum absolute atomic E-state index is 14.5. The van der Waals surface area contributed by atoms with Gasteiger partial charge in [-0.15, -0.1) is 12.4 Å². The molecule has 4 nitrogen and oxygen atoms in total. The Morgan fingerprint density at radius 1 is 1.03 bits per heavy atom. The number of carboxylic acid groups (broad SMARTS) is 1. The van der Waals surface area contributed by atoms with Gasteiger partial charge in [0.05, 0.1) is 5.56 Å². The van der Waals surface area contributed by atoms with E-state index in [-0.39, 0.29) is 24.1 Å². The molecule has 2 heterocycles. The molecule has 3 aliphatic rings. The monoisotopic (exact) mass is 499 g/mol. The van der Waals surface area contributed by atoms with Crippen LogP contribution in [0.1, 0.15) is 65.9 Å². The molecular formula is C24H25Cl3FNO3. The van der Waals surface area contributed by atoms with E-state index in [4.69, 9.17) is 27.9 Å². The Morgan fingerprint density at radius 2 is 1.66 bits per heavy atom. The van der Waals surface area contributed by atoms with E-state index in [9.17, 15) is 14.3 Å². The SMILES string of the molecule is Cl.O=C(O)c1cc(C2CC2)c(CN2[C@@H]3CC[C@H]2C[C@H](Oc2cc(Cl)cc(Cl)c2)C3)cc1F. The van der Waals surface area contributed by atoms with Crippen molar-refractivity contribution in [1.29, 1.82) is 0 Å². The molecule has 1 N–H and O–H groups in total. The van der Waals surface area contributed by atoms with E-state index in [0.29, 0.717) is 40.3 Å². The van der Waals surface area contributed by atoms with E-state index in [2.05, 4.69) is 4.90 Å². The quantitative estimate of drug-likeness (QED) is 0.479. The number of fused-ring (bicyclic) bond motifs is 2. The molecule has 2 aromatic rings. The van der Waals surface area contributed by atoms with Crippen LogP contribution in [0.5, 0.6) is 5.75 Å². The van der Waals surface area contributed by atoms with Crippen molar-refractivity contribution >= 4 is 41.6 Å². The molecule has 172 valence electrons. The molecule has 0 amide bonds. The lowest BCUT2D eigenvalue weighted by Gasteiger charge is -2.39. The third kappa shape index (κ3) is 4.86. The summed E-state index contributed by atoms with van der Waals surface area (Å²) in [6, 6.07) is 9.01. The predicted octanol–water partition coefficient (Wildman–Crippen LogP) is 6.70. The average Bonchev–Trinajstić information content (AvgIpc) is 3.48. The normalized spacial score (nSPS) is 24.8. The average molecular weight is 501 g/mol. The summed E-state index contributed by atoms with van der Waals surface area (Å²) in [5.41, 5.74) is 1.72. The van der Waals surface area contributed by atoms with Gasteiger partial charge in [0.2, 0.25) is 0 Å². The number of ether oxygens (including phenoxy) is 1. The number of carbonyl (C=O) groups is 1. The van der Waals surface area contributed by atoms with Gasteiger partial charge in [0.15, 0.2) is 0 Å². The number of piperidine rings is 1. The minimum atomic E-state index is -1.20. The Morgan fingerprint density at radius 3 is 2.22 bits per heavy atom. The maximum atomic E-state index is 14.5. The number of halogens is 4. The summed E-state index contributed by atoms with van der Waals surface area (Å²) in [5, 5.41) is 10.4. The Bertz CT molecular complexity index is 996. The Balaban J connectivity index is 0.00000245. The van der Waals surface area contributed by atoms with Gasteiger partial charge in [-0.05, 0) is 85.9 Å². The van der Waals surface area contributed by atoms with Gasteiger partial charge in [-0.25, -0.2) is 9.18 Å². The molecule has 2 aliphatic heterocycles. The maximum Gasteiger partial charge on any atom is 0.338 e. The fraction of sp³-hybridized carbons (Fsp3) is 0.458. The van der Waals surface area contributed by atoms with Crippen molar-refractivity contribution in [2.75, 3.05) is 0 Å². The van der Waals surface area contributed by atoms with Gasteiger partial charge in [-0.1, -0.05) is 23.2 Å². The highest BCUT2D eigenvalue weighted by molar-refractivity contribution is 6.34. The van der Waals surface area contributed by atoms with Crippen LogP contribution in [0.3, 0.4) is 0 Å². The van der Waals surface area contributed by atoms with Crippen molar-refractivity contribution < 1.29 is 19.0 Å². The number of hydrogen-bond acceptors (Lipinski definition) is 3. The van der Waals surface area contributed by atoms with Gasteiger partial charge in [0, 0.05) is 28.7 Å². The lowest BCUT2D eigenvalue weighted by atomic mass is 9.95. The highest BCUT2D eigenvalue weighted by Gasteiger charge is 2.42. The zero-order chi connectivity index (χ0) is 21.7. The van der Waals surface area contributed by atoms with Gasteiger partial charge in [-0.2, -0.15) is 0 Å². The first kappa shape index (κ1) is 23.6. The van der Waals surface area contributed by atoms with E-state index in [1.165, 1.54) is 6.07 Å². The van der Waals surface area contributed by atoms with Crippen LogP contribution in [0.15, 0.2) is 30.3 Å². The van der Waals surface area contributed by atoms with Crippen LogP contribution in [-0.2, 0) is 6.54 Å².